The van der Waals surface area contributed by atoms with E-state index in [9.17, 15) is 29.4 Å². The van der Waals surface area contributed by atoms with Crippen molar-refractivity contribution in [3.8, 4) is 0 Å². The van der Waals surface area contributed by atoms with Crippen molar-refractivity contribution in [2.45, 2.75) is 154 Å². The van der Waals surface area contributed by atoms with E-state index in [0.717, 1.165) is 37.7 Å². The van der Waals surface area contributed by atoms with Gasteiger partial charge in [0, 0.05) is 31.3 Å². The number of likely N-dealkylation sites (tertiary alicyclic amines) is 1. The number of benzene rings is 1. The highest BCUT2D eigenvalue weighted by molar-refractivity contribution is 5.96. The van der Waals surface area contributed by atoms with E-state index < -0.39 is 65.3 Å². The van der Waals surface area contributed by atoms with E-state index in [4.69, 9.17) is 4.74 Å². The Balaban J connectivity index is 1.60. The molecular weight excluding hydrogens is 676 g/mol. The molecule has 6 atom stereocenters. The molecule has 2 aliphatic rings. The van der Waals surface area contributed by atoms with E-state index in [2.05, 4.69) is 25.9 Å². The van der Waals surface area contributed by atoms with Crippen LogP contribution in [0.3, 0.4) is 0 Å². The van der Waals surface area contributed by atoms with Gasteiger partial charge in [-0.2, -0.15) is 0 Å². The zero-order valence-corrected chi connectivity index (χ0v) is 32.4. The number of aliphatic hydroxyl groups is 2. The van der Waals surface area contributed by atoms with Crippen molar-refractivity contribution in [2.24, 2.45) is 11.8 Å². The topological polar surface area (TPSA) is 186 Å². The van der Waals surface area contributed by atoms with Gasteiger partial charge in [0.1, 0.15) is 29.3 Å². The van der Waals surface area contributed by atoms with Crippen molar-refractivity contribution in [3.05, 3.63) is 54.1 Å². The Morgan fingerprint density at radius 1 is 0.981 bits per heavy atom. The summed E-state index contributed by atoms with van der Waals surface area (Å²) in [6.07, 6.45) is 7.55. The number of hydrogen-bond acceptors (Lipinski definition) is 8. The Kier molecular flexibility index (Phi) is 14.9. The lowest BCUT2D eigenvalue weighted by molar-refractivity contribution is -0.137. The van der Waals surface area contributed by atoms with Crippen LogP contribution in [0.5, 0.6) is 0 Å². The first-order valence-electron chi connectivity index (χ1n) is 19.3. The molecule has 1 saturated heterocycles. The molecule has 0 radical (unpaired) electrons. The molecule has 294 valence electrons. The molecule has 6 N–H and O–H groups in total. The number of aromatic amines is 1. The molecule has 1 saturated carbocycles. The van der Waals surface area contributed by atoms with Gasteiger partial charge in [0.15, 0.2) is 0 Å². The summed E-state index contributed by atoms with van der Waals surface area (Å²) in [6.45, 7) is 11.2. The number of hydrogen-bond donors (Lipinski definition) is 6. The van der Waals surface area contributed by atoms with Gasteiger partial charge in [0.2, 0.25) is 17.7 Å². The SMILES string of the molecule is CC(C)C[C@H](O)[C@H](O)[C@H](CC1CCCCC1)NC(=O)[C@](C)(Cc1cnc[nH]1)NC(=O)[C@H](Cc1ccccc1)NC(=O)[C@@H]1CCCN1C(=O)OC(C)(C)C. The lowest BCUT2D eigenvalue weighted by Gasteiger charge is -2.37. The Hall–Kier alpha value is -3.97. The Morgan fingerprint density at radius 3 is 2.30 bits per heavy atom. The summed E-state index contributed by atoms with van der Waals surface area (Å²) >= 11 is 0. The summed E-state index contributed by atoms with van der Waals surface area (Å²) in [7, 11) is 0. The normalized spacial score (nSPS) is 20.2. The molecule has 0 bridgehead atoms. The summed E-state index contributed by atoms with van der Waals surface area (Å²) in [5.41, 5.74) is -0.923. The molecule has 2 aromatic rings. The molecule has 4 rings (SSSR count). The first kappa shape index (κ1) is 41.8. The summed E-state index contributed by atoms with van der Waals surface area (Å²) in [6, 6.07) is 6.57. The zero-order valence-electron chi connectivity index (χ0n) is 32.4. The number of H-pyrrole nitrogens is 1. The van der Waals surface area contributed by atoms with Crippen molar-refractivity contribution in [3.63, 3.8) is 0 Å². The number of carbonyl (C=O) groups excluding carboxylic acids is 4. The highest BCUT2D eigenvalue weighted by atomic mass is 16.6. The number of imidazole rings is 1. The average Bonchev–Trinajstić information content (AvgIpc) is 3.80. The van der Waals surface area contributed by atoms with Gasteiger partial charge in [-0.05, 0) is 70.8 Å². The Labute approximate surface area is 314 Å². The first-order chi connectivity index (χ1) is 25.0. The van der Waals surface area contributed by atoms with Gasteiger partial charge in [-0.3, -0.25) is 19.3 Å². The number of aliphatic hydroxyl groups excluding tert-OH is 2. The fraction of sp³-hybridized carbons (Fsp3) is 0.675. The molecule has 1 aliphatic carbocycles. The van der Waals surface area contributed by atoms with E-state index >= 15 is 0 Å². The van der Waals surface area contributed by atoms with Gasteiger partial charge in [0.05, 0.1) is 18.5 Å². The van der Waals surface area contributed by atoms with Crippen molar-refractivity contribution in [2.75, 3.05) is 6.54 Å². The molecule has 4 amide bonds. The number of ether oxygens (including phenoxy) is 1. The van der Waals surface area contributed by atoms with Crippen LogP contribution in [0, 0.1) is 11.8 Å². The second-order valence-corrected chi connectivity index (χ2v) is 16.7. The van der Waals surface area contributed by atoms with Gasteiger partial charge < -0.3 is 35.9 Å². The van der Waals surface area contributed by atoms with Crippen LogP contribution < -0.4 is 16.0 Å². The molecule has 1 aromatic heterocycles. The summed E-state index contributed by atoms with van der Waals surface area (Å²) in [5.74, 6) is -1.20. The van der Waals surface area contributed by atoms with Gasteiger partial charge in [0.25, 0.3) is 0 Å². The molecule has 1 aliphatic heterocycles. The standard InChI is InChI=1S/C40H62N6O7/c1-26(2)20-33(47)34(48)30(21-27-14-9-7-10-15-27)44-37(51)40(6,23-29-24-41-25-42-29)45-35(49)31(22-28-16-11-8-12-17-28)43-36(50)32-18-13-19-46(32)38(52)53-39(3,4)5/h8,11-12,16-17,24-27,30-34,47-48H,7,9-10,13-15,18-23H2,1-6H3,(H,41,42)(H,43,50)(H,44,51)(H,45,49)/t30-,31-,32-,33-,34+,40-/m0/s1. The fourth-order valence-corrected chi connectivity index (χ4v) is 7.49. The maximum absolute atomic E-state index is 14.5. The van der Waals surface area contributed by atoms with Gasteiger partial charge >= 0.3 is 6.09 Å². The second kappa shape index (κ2) is 18.9. The minimum atomic E-state index is -1.56. The van der Waals surface area contributed by atoms with E-state index in [1.54, 1.807) is 33.9 Å². The second-order valence-electron chi connectivity index (χ2n) is 16.7. The Morgan fingerprint density at radius 2 is 1.68 bits per heavy atom. The number of carbonyl (C=O) groups is 4. The highest BCUT2D eigenvalue weighted by Gasteiger charge is 2.42. The summed E-state index contributed by atoms with van der Waals surface area (Å²) in [5, 5.41) is 31.3. The minimum absolute atomic E-state index is 0.0341. The van der Waals surface area contributed by atoms with E-state index in [0.29, 0.717) is 37.9 Å². The van der Waals surface area contributed by atoms with Crippen molar-refractivity contribution in [1.29, 1.82) is 0 Å². The average molecular weight is 739 g/mol. The molecule has 53 heavy (non-hydrogen) atoms. The van der Waals surface area contributed by atoms with Crippen LogP contribution in [0.2, 0.25) is 0 Å². The predicted molar refractivity (Wildman–Crippen MR) is 201 cm³/mol. The maximum atomic E-state index is 14.5. The number of nitrogens with one attached hydrogen (secondary N) is 4. The minimum Gasteiger partial charge on any atom is -0.444 e. The van der Waals surface area contributed by atoms with Gasteiger partial charge in [-0.25, -0.2) is 9.78 Å². The molecule has 2 heterocycles. The fourth-order valence-electron chi connectivity index (χ4n) is 7.49. The third-order valence-electron chi connectivity index (χ3n) is 10.2. The Bertz CT molecular complexity index is 1470. The number of amides is 4. The van der Waals surface area contributed by atoms with E-state index in [1.165, 1.54) is 11.2 Å². The van der Waals surface area contributed by atoms with Crippen molar-refractivity contribution < 1.29 is 34.1 Å². The monoisotopic (exact) mass is 738 g/mol. The highest BCUT2D eigenvalue weighted by Crippen LogP contribution is 2.29. The van der Waals surface area contributed by atoms with Gasteiger partial charge in [-0.15, -0.1) is 0 Å². The van der Waals surface area contributed by atoms with E-state index in [-0.39, 0.29) is 24.7 Å². The first-order valence-corrected chi connectivity index (χ1v) is 19.3. The smallest absolute Gasteiger partial charge is 0.410 e. The van der Waals surface area contributed by atoms with Gasteiger partial charge in [-0.1, -0.05) is 76.3 Å². The van der Waals surface area contributed by atoms with Crippen LogP contribution in [0.1, 0.15) is 111 Å². The summed E-state index contributed by atoms with van der Waals surface area (Å²) in [4.78, 5) is 64.3. The van der Waals surface area contributed by atoms with Crippen LogP contribution in [0.4, 0.5) is 4.79 Å². The third-order valence-corrected chi connectivity index (χ3v) is 10.2. The lowest BCUT2D eigenvalue weighted by atomic mass is 9.82. The van der Waals surface area contributed by atoms with Crippen LogP contribution >= 0.6 is 0 Å². The lowest BCUT2D eigenvalue weighted by Crippen LogP contribution is -2.65. The molecule has 0 spiro atoms. The molecule has 2 fully saturated rings. The van der Waals surface area contributed by atoms with Crippen molar-refractivity contribution >= 4 is 23.8 Å². The maximum Gasteiger partial charge on any atom is 0.410 e. The number of nitrogens with zero attached hydrogens (tertiary/aromatic N) is 2. The zero-order chi connectivity index (χ0) is 38.8. The quantitative estimate of drug-likeness (QED) is 0.148. The molecule has 13 heteroatoms. The van der Waals surface area contributed by atoms with Crippen LogP contribution in [-0.2, 0) is 32.0 Å². The molecule has 1 aromatic carbocycles. The largest absolute Gasteiger partial charge is 0.444 e. The molecular formula is C40H62N6O7. The van der Waals surface area contributed by atoms with Crippen LogP contribution in [0.15, 0.2) is 42.9 Å². The number of rotatable bonds is 16. The molecule has 0 unspecified atom stereocenters. The van der Waals surface area contributed by atoms with Crippen LogP contribution in [0.25, 0.3) is 0 Å². The number of aromatic nitrogens is 2. The van der Waals surface area contributed by atoms with E-state index in [1.807, 2.05) is 44.2 Å². The summed E-state index contributed by atoms with van der Waals surface area (Å²) < 4.78 is 5.56. The predicted octanol–water partition coefficient (Wildman–Crippen LogP) is 4.18. The third kappa shape index (κ3) is 12.6. The molecule has 13 nitrogen and oxygen atoms in total. The van der Waals surface area contributed by atoms with Crippen molar-refractivity contribution in [1.82, 2.24) is 30.8 Å². The van der Waals surface area contributed by atoms with Crippen LogP contribution in [-0.4, -0.2) is 96.9 Å².